The number of nitrogens with one attached hydrogen (secondary N) is 1. The fourth-order valence-electron chi connectivity index (χ4n) is 2.01. The molecule has 0 amide bonds. The Hall–Kier alpha value is -0.930. The topological polar surface area (TPSA) is 15.3 Å². The smallest absolute Gasteiger partial charge is 0.127 e. The second kappa shape index (κ2) is 7.49. The molecule has 0 radical (unpaired) electrons. The van der Waals surface area contributed by atoms with Gasteiger partial charge in [-0.2, -0.15) is 0 Å². The van der Waals surface area contributed by atoms with Gasteiger partial charge in [0.1, 0.15) is 5.82 Å². The Balaban J connectivity index is 2.57. The second-order valence-electron chi connectivity index (χ2n) is 5.13. The molecule has 0 saturated carbocycles. The molecule has 0 bridgehead atoms. The SMILES string of the molecule is CCC(CNC(C)C)N(C)Cc1ccccc1F. The molecular weight excluding hydrogens is 227 g/mol. The predicted molar refractivity (Wildman–Crippen MR) is 75.1 cm³/mol. The van der Waals surface area contributed by atoms with Crippen LogP contribution in [0.25, 0.3) is 0 Å². The maximum atomic E-state index is 13.6. The molecule has 0 aromatic heterocycles. The molecule has 0 aliphatic carbocycles. The summed E-state index contributed by atoms with van der Waals surface area (Å²) in [6.45, 7) is 8.06. The van der Waals surface area contributed by atoms with Gasteiger partial charge in [-0.15, -0.1) is 0 Å². The summed E-state index contributed by atoms with van der Waals surface area (Å²) in [6.07, 6.45) is 1.06. The van der Waals surface area contributed by atoms with E-state index in [1.807, 2.05) is 12.1 Å². The van der Waals surface area contributed by atoms with Crippen LogP contribution in [0.15, 0.2) is 24.3 Å². The number of likely N-dealkylation sites (N-methyl/N-ethyl adjacent to an activating group) is 1. The van der Waals surface area contributed by atoms with Crippen LogP contribution in [0.3, 0.4) is 0 Å². The van der Waals surface area contributed by atoms with Crippen molar-refractivity contribution >= 4 is 0 Å². The van der Waals surface area contributed by atoms with Crippen LogP contribution in [-0.4, -0.2) is 30.6 Å². The highest BCUT2D eigenvalue weighted by Crippen LogP contribution is 2.12. The molecule has 102 valence electrons. The first-order valence-electron chi connectivity index (χ1n) is 6.71. The fraction of sp³-hybridized carbons (Fsp3) is 0.600. The Kier molecular flexibility index (Phi) is 6.30. The summed E-state index contributed by atoms with van der Waals surface area (Å²) >= 11 is 0. The number of halogens is 1. The Morgan fingerprint density at radius 1 is 1.28 bits per heavy atom. The van der Waals surface area contributed by atoms with Gasteiger partial charge in [0.25, 0.3) is 0 Å². The lowest BCUT2D eigenvalue weighted by Gasteiger charge is -2.28. The maximum Gasteiger partial charge on any atom is 0.127 e. The van der Waals surface area contributed by atoms with Gasteiger partial charge in [-0.25, -0.2) is 4.39 Å². The Morgan fingerprint density at radius 2 is 1.94 bits per heavy atom. The van der Waals surface area contributed by atoms with Gasteiger partial charge in [0.15, 0.2) is 0 Å². The van der Waals surface area contributed by atoms with E-state index in [2.05, 4.69) is 38.0 Å². The van der Waals surface area contributed by atoms with Crippen molar-refractivity contribution in [3.63, 3.8) is 0 Å². The highest BCUT2D eigenvalue weighted by molar-refractivity contribution is 5.17. The van der Waals surface area contributed by atoms with Crippen molar-refractivity contribution in [1.29, 1.82) is 0 Å². The number of hydrogen-bond acceptors (Lipinski definition) is 2. The molecule has 2 nitrogen and oxygen atoms in total. The van der Waals surface area contributed by atoms with Gasteiger partial charge < -0.3 is 5.32 Å². The average Bonchev–Trinajstić information content (AvgIpc) is 2.32. The highest BCUT2D eigenvalue weighted by Gasteiger charge is 2.14. The van der Waals surface area contributed by atoms with Crippen LogP contribution in [0, 0.1) is 5.82 Å². The molecule has 1 unspecified atom stereocenters. The molecule has 0 aliphatic heterocycles. The van der Waals surface area contributed by atoms with Crippen molar-refractivity contribution in [2.75, 3.05) is 13.6 Å². The van der Waals surface area contributed by atoms with Crippen molar-refractivity contribution in [2.24, 2.45) is 0 Å². The van der Waals surface area contributed by atoms with Crippen molar-refractivity contribution in [2.45, 2.75) is 45.8 Å². The zero-order valence-corrected chi connectivity index (χ0v) is 11.9. The maximum absolute atomic E-state index is 13.6. The second-order valence-corrected chi connectivity index (χ2v) is 5.13. The summed E-state index contributed by atoms with van der Waals surface area (Å²) in [5, 5.41) is 3.44. The van der Waals surface area contributed by atoms with E-state index in [9.17, 15) is 4.39 Å². The number of rotatable bonds is 7. The van der Waals surface area contributed by atoms with Crippen LogP contribution in [-0.2, 0) is 6.54 Å². The molecule has 18 heavy (non-hydrogen) atoms. The average molecular weight is 252 g/mol. The minimum Gasteiger partial charge on any atom is -0.313 e. The summed E-state index contributed by atoms with van der Waals surface area (Å²) < 4.78 is 13.6. The molecule has 1 aromatic carbocycles. The lowest BCUT2D eigenvalue weighted by molar-refractivity contribution is 0.215. The molecule has 0 spiro atoms. The number of nitrogens with zero attached hydrogens (tertiary/aromatic N) is 1. The number of hydrogen-bond donors (Lipinski definition) is 1. The summed E-state index contributed by atoms with van der Waals surface area (Å²) in [5.74, 6) is -0.115. The van der Waals surface area contributed by atoms with E-state index in [1.165, 1.54) is 6.07 Å². The van der Waals surface area contributed by atoms with Gasteiger partial charge in [-0.3, -0.25) is 4.90 Å². The zero-order valence-electron chi connectivity index (χ0n) is 11.9. The van der Waals surface area contributed by atoms with E-state index in [-0.39, 0.29) is 5.82 Å². The molecule has 3 heteroatoms. The quantitative estimate of drug-likeness (QED) is 0.802. The van der Waals surface area contributed by atoms with Gasteiger partial charge in [0, 0.05) is 30.7 Å². The van der Waals surface area contributed by atoms with E-state index in [0.717, 1.165) is 18.5 Å². The van der Waals surface area contributed by atoms with E-state index in [1.54, 1.807) is 6.07 Å². The van der Waals surface area contributed by atoms with Gasteiger partial charge in [-0.05, 0) is 19.5 Å². The van der Waals surface area contributed by atoms with Gasteiger partial charge in [0.2, 0.25) is 0 Å². The number of benzene rings is 1. The molecule has 0 fully saturated rings. The van der Waals surface area contributed by atoms with Crippen molar-refractivity contribution in [1.82, 2.24) is 10.2 Å². The lowest BCUT2D eigenvalue weighted by atomic mass is 10.1. The van der Waals surface area contributed by atoms with Crippen LogP contribution < -0.4 is 5.32 Å². The zero-order chi connectivity index (χ0) is 13.5. The highest BCUT2D eigenvalue weighted by atomic mass is 19.1. The summed E-state index contributed by atoms with van der Waals surface area (Å²) in [4.78, 5) is 2.22. The minimum atomic E-state index is -0.115. The molecule has 0 heterocycles. The molecule has 0 saturated heterocycles. The van der Waals surface area contributed by atoms with E-state index < -0.39 is 0 Å². The van der Waals surface area contributed by atoms with Crippen molar-refractivity contribution < 1.29 is 4.39 Å². The summed E-state index contributed by atoms with van der Waals surface area (Å²) in [7, 11) is 2.06. The van der Waals surface area contributed by atoms with Gasteiger partial charge in [0.05, 0.1) is 0 Å². The first-order chi connectivity index (χ1) is 8.54. The third kappa shape index (κ3) is 4.75. The molecule has 1 aromatic rings. The van der Waals surface area contributed by atoms with Crippen LogP contribution in [0.1, 0.15) is 32.8 Å². The van der Waals surface area contributed by atoms with Crippen LogP contribution in [0.4, 0.5) is 4.39 Å². The Morgan fingerprint density at radius 3 is 2.50 bits per heavy atom. The van der Waals surface area contributed by atoms with Crippen LogP contribution in [0.5, 0.6) is 0 Å². The molecule has 0 aliphatic rings. The van der Waals surface area contributed by atoms with Gasteiger partial charge >= 0.3 is 0 Å². The van der Waals surface area contributed by atoms with Crippen molar-refractivity contribution in [3.05, 3.63) is 35.6 Å². The Bertz CT molecular complexity index is 352. The first kappa shape index (κ1) is 15.1. The molecule has 1 rings (SSSR count). The lowest BCUT2D eigenvalue weighted by Crippen LogP contribution is -2.41. The fourth-order valence-corrected chi connectivity index (χ4v) is 2.01. The van der Waals surface area contributed by atoms with E-state index in [0.29, 0.717) is 18.6 Å². The van der Waals surface area contributed by atoms with Crippen LogP contribution >= 0.6 is 0 Å². The summed E-state index contributed by atoms with van der Waals surface area (Å²) in [5.41, 5.74) is 0.767. The third-order valence-corrected chi connectivity index (χ3v) is 3.23. The normalized spacial score (nSPS) is 13.3. The molecule has 1 atom stereocenters. The third-order valence-electron chi connectivity index (χ3n) is 3.23. The monoisotopic (exact) mass is 252 g/mol. The Labute approximate surface area is 110 Å². The molecular formula is C15H25FN2. The first-order valence-corrected chi connectivity index (χ1v) is 6.71. The van der Waals surface area contributed by atoms with E-state index in [4.69, 9.17) is 0 Å². The summed E-state index contributed by atoms with van der Waals surface area (Å²) in [6, 6.07) is 7.92. The van der Waals surface area contributed by atoms with Gasteiger partial charge in [-0.1, -0.05) is 39.0 Å². The molecule has 1 N–H and O–H groups in total. The van der Waals surface area contributed by atoms with E-state index >= 15 is 0 Å². The largest absolute Gasteiger partial charge is 0.313 e. The standard InChI is InChI=1S/C15H25FN2/c1-5-14(10-17-12(2)3)18(4)11-13-8-6-7-9-15(13)16/h6-9,12,14,17H,5,10-11H2,1-4H3. The van der Waals surface area contributed by atoms with Crippen molar-refractivity contribution in [3.8, 4) is 0 Å². The predicted octanol–water partition coefficient (Wildman–Crippen LogP) is 3.03. The van der Waals surface area contributed by atoms with Crippen LogP contribution in [0.2, 0.25) is 0 Å². The minimum absolute atomic E-state index is 0.115.